The Morgan fingerprint density at radius 1 is 0.409 bits per heavy atom. The summed E-state index contributed by atoms with van der Waals surface area (Å²) in [4.78, 5) is 33.6. The van der Waals surface area contributed by atoms with E-state index in [9.17, 15) is 0 Å². The van der Waals surface area contributed by atoms with Crippen molar-refractivity contribution in [1.29, 1.82) is 0 Å². The summed E-state index contributed by atoms with van der Waals surface area (Å²) in [7, 11) is 0. The fraction of sp³-hybridized carbons (Fsp3) is 0. The van der Waals surface area contributed by atoms with Gasteiger partial charge in [-0.2, -0.15) is 0 Å². The predicted octanol–water partition coefficient (Wildman–Crippen LogP) is 8.50. The lowest BCUT2D eigenvalue weighted by Gasteiger charge is -2.07. The van der Waals surface area contributed by atoms with Crippen LogP contribution in [-0.4, -0.2) is 39.9 Å². The molecule has 2 aromatic carbocycles. The van der Waals surface area contributed by atoms with E-state index in [-0.39, 0.29) is 0 Å². The molecule has 0 spiro atoms. The van der Waals surface area contributed by atoms with Crippen molar-refractivity contribution >= 4 is 65.7 Å². The maximum atomic E-state index is 5.19. The van der Waals surface area contributed by atoms with Gasteiger partial charge in [0.15, 0.2) is 0 Å². The van der Waals surface area contributed by atoms with Gasteiger partial charge >= 0.3 is 0 Å². The van der Waals surface area contributed by atoms with E-state index in [1.165, 1.54) is 0 Å². The number of nitrogens with zero attached hydrogens (tertiary/aromatic N) is 4. The van der Waals surface area contributed by atoms with E-state index in [1.54, 1.807) is 0 Å². The summed E-state index contributed by atoms with van der Waals surface area (Å²) in [5.74, 6) is 0. The van der Waals surface area contributed by atoms with Crippen molar-refractivity contribution in [2.75, 3.05) is 0 Å². The lowest BCUT2D eigenvalue weighted by molar-refractivity contribution is 1.35. The van der Waals surface area contributed by atoms with E-state index in [0.717, 1.165) is 99.5 Å². The van der Waals surface area contributed by atoms with Gasteiger partial charge in [0, 0.05) is 69.2 Å². The third kappa shape index (κ3) is 3.27. The zero-order valence-electron chi connectivity index (χ0n) is 23.2. The van der Waals surface area contributed by atoms with Crippen LogP contribution in [0.25, 0.3) is 99.5 Å². The van der Waals surface area contributed by atoms with Crippen LogP contribution >= 0.6 is 0 Å². The molecule has 0 amide bonds. The third-order valence-corrected chi connectivity index (χ3v) is 8.68. The largest absolute Gasteiger partial charge is 0.359 e. The molecule has 0 fully saturated rings. The second-order valence-electron chi connectivity index (χ2n) is 11.1. The monoisotopic (exact) mass is 566 g/mol. The van der Waals surface area contributed by atoms with E-state index < -0.39 is 0 Å². The number of benzene rings is 2. The van der Waals surface area contributed by atoms with Gasteiger partial charge in [0.25, 0.3) is 0 Å². The molecule has 10 rings (SSSR count). The molecular weight excluding hydrogens is 544 g/mol. The first kappa shape index (κ1) is 23.3. The van der Waals surface area contributed by atoms with Gasteiger partial charge in [-0.3, -0.25) is 4.98 Å². The first-order valence-electron chi connectivity index (χ1n) is 14.5. The minimum absolute atomic E-state index is 0.868. The van der Waals surface area contributed by atoms with Gasteiger partial charge in [0.1, 0.15) is 0 Å². The van der Waals surface area contributed by atoms with Crippen LogP contribution in [0.2, 0.25) is 0 Å². The molecule has 8 heteroatoms. The van der Waals surface area contributed by atoms with Crippen molar-refractivity contribution in [1.82, 2.24) is 39.9 Å². The van der Waals surface area contributed by atoms with Gasteiger partial charge in [-0.1, -0.05) is 48.5 Å². The lowest BCUT2D eigenvalue weighted by Crippen LogP contribution is -1.90. The van der Waals surface area contributed by atoms with Crippen LogP contribution in [0.5, 0.6) is 0 Å². The normalized spacial score (nSPS) is 12.1. The highest BCUT2D eigenvalue weighted by Gasteiger charge is 2.17. The summed E-state index contributed by atoms with van der Waals surface area (Å²) in [6.07, 6.45) is 9.79. The van der Waals surface area contributed by atoms with Crippen LogP contribution in [0.4, 0.5) is 0 Å². The highest BCUT2D eigenvalue weighted by atomic mass is 14.8. The van der Waals surface area contributed by atoms with Crippen molar-refractivity contribution < 1.29 is 0 Å². The number of aromatic nitrogens is 8. The quantitative estimate of drug-likeness (QED) is 0.161. The Morgan fingerprint density at radius 3 is 1.48 bits per heavy atom. The lowest BCUT2D eigenvalue weighted by atomic mass is 10.1. The summed E-state index contributed by atoms with van der Waals surface area (Å²) in [6.45, 7) is 0. The Morgan fingerprint density at radius 2 is 0.886 bits per heavy atom. The first-order valence-corrected chi connectivity index (χ1v) is 14.5. The number of hydrogen-bond donors (Lipinski definition) is 4. The molecule has 0 saturated carbocycles. The number of pyridine rings is 4. The van der Waals surface area contributed by atoms with Crippen molar-refractivity contribution in [3.8, 4) is 33.8 Å². The Labute approximate surface area is 248 Å². The van der Waals surface area contributed by atoms with Gasteiger partial charge in [0.05, 0.1) is 61.2 Å². The van der Waals surface area contributed by atoms with Crippen LogP contribution < -0.4 is 0 Å². The maximum Gasteiger partial charge on any atom is 0.0972 e. The van der Waals surface area contributed by atoms with Gasteiger partial charge in [-0.25, -0.2) is 15.0 Å². The molecule has 4 N–H and O–H groups in total. The van der Waals surface area contributed by atoms with E-state index >= 15 is 0 Å². The number of H-pyrrole nitrogens is 4. The summed E-state index contributed by atoms with van der Waals surface area (Å²) < 4.78 is 0. The molecule has 8 aromatic heterocycles. The Balaban J connectivity index is 1.11. The fourth-order valence-electron chi connectivity index (χ4n) is 6.48. The zero-order valence-corrected chi connectivity index (χ0v) is 23.2. The second-order valence-corrected chi connectivity index (χ2v) is 11.1. The average Bonchev–Trinajstić information content (AvgIpc) is 3.87. The average molecular weight is 567 g/mol. The summed E-state index contributed by atoms with van der Waals surface area (Å²) in [5, 5.41) is 4.24. The molecule has 0 atom stereocenters. The third-order valence-electron chi connectivity index (χ3n) is 8.68. The number of aromatic amines is 4. The summed E-state index contributed by atoms with van der Waals surface area (Å²) >= 11 is 0. The van der Waals surface area contributed by atoms with Crippen LogP contribution in [0.1, 0.15) is 0 Å². The Bertz CT molecular complexity index is 2740. The molecule has 10 aromatic rings. The molecule has 0 radical (unpaired) electrons. The molecule has 8 nitrogen and oxygen atoms in total. The summed E-state index contributed by atoms with van der Waals surface area (Å²) in [6, 6.07) is 27.0. The second kappa shape index (κ2) is 8.62. The molecular formula is C36H22N8. The molecule has 0 bridgehead atoms. The predicted molar refractivity (Wildman–Crippen MR) is 176 cm³/mol. The van der Waals surface area contributed by atoms with Crippen molar-refractivity contribution in [2.45, 2.75) is 0 Å². The molecule has 44 heavy (non-hydrogen) atoms. The molecule has 0 aliphatic heterocycles. The molecule has 0 aliphatic rings. The number of rotatable bonds is 3. The smallest absolute Gasteiger partial charge is 0.0972 e. The van der Waals surface area contributed by atoms with Crippen LogP contribution in [0, 0.1) is 0 Å². The van der Waals surface area contributed by atoms with Crippen molar-refractivity contribution in [2.24, 2.45) is 0 Å². The number of hydrogen-bond acceptors (Lipinski definition) is 4. The van der Waals surface area contributed by atoms with E-state index in [2.05, 4.69) is 91.6 Å². The fourth-order valence-corrected chi connectivity index (χ4v) is 6.48. The molecule has 0 unspecified atom stereocenters. The van der Waals surface area contributed by atoms with Crippen LogP contribution in [-0.2, 0) is 0 Å². The van der Waals surface area contributed by atoms with Crippen molar-refractivity contribution in [3.63, 3.8) is 0 Å². The van der Waals surface area contributed by atoms with Gasteiger partial charge < -0.3 is 19.9 Å². The van der Waals surface area contributed by atoms with Crippen molar-refractivity contribution in [3.05, 3.63) is 110 Å². The Hall–Kier alpha value is -6.28. The highest BCUT2D eigenvalue weighted by molar-refractivity contribution is 6.07. The molecule has 206 valence electrons. The van der Waals surface area contributed by atoms with E-state index in [4.69, 9.17) is 15.0 Å². The van der Waals surface area contributed by atoms with E-state index in [1.807, 2.05) is 43.1 Å². The first-order chi connectivity index (χ1) is 21.8. The zero-order chi connectivity index (χ0) is 28.8. The molecule has 8 heterocycles. The topological polar surface area (TPSA) is 115 Å². The number of nitrogens with one attached hydrogen (secondary N) is 4. The van der Waals surface area contributed by atoms with Gasteiger partial charge in [-0.05, 0) is 30.3 Å². The van der Waals surface area contributed by atoms with Crippen LogP contribution in [0.3, 0.4) is 0 Å². The highest BCUT2D eigenvalue weighted by Crippen LogP contribution is 2.36. The Kier molecular flexibility index (Phi) is 4.57. The SMILES string of the molecule is c1cnc2c(c1)ccc1ccc(-c3c[nH]c4c(-c5ccc6ccc7ccc(-c8c[nH]c9cc[nH]c89)nc7c6n5)c[nH]c34)nc12. The van der Waals surface area contributed by atoms with E-state index in [0.29, 0.717) is 0 Å². The molecule has 0 saturated heterocycles. The summed E-state index contributed by atoms with van der Waals surface area (Å²) in [5.41, 5.74) is 13.3. The number of fused-ring (bicyclic) bond motifs is 8. The standard InChI is InChI=1S/C36H22N8/c1-2-19-3-4-20-7-11-27(42-31(20)30(19)37-14-1)24-17-40-36-25(18-41-35(24)36)28-12-9-22-6-5-21-8-10-26(43-32(21)33(22)44-28)23-16-39-29-13-15-38-34(23)29/h1-18,38-41H. The van der Waals surface area contributed by atoms with Crippen LogP contribution in [0.15, 0.2) is 110 Å². The minimum atomic E-state index is 0.868. The minimum Gasteiger partial charge on any atom is -0.359 e. The van der Waals surface area contributed by atoms with Gasteiger partial charge in [0.2, 0.25) is 0 Å². The van der Waals surface area contributed by atoms with Gasteiger partial charge in [-0.15, -0.1) is 0 Å². The maximum absolute atomic E-state index is 5.19. The molecule has 0 aliphatic carbocycles.